The lowest BCUT2D eigenvalue weighted by atomic mass is 10.3. The van der Waals surface area contributed by atoms with E-state index in [0.717, 1.165) is 0 Å². The Morgan fingerprint density at radius 1 is 1.38 bits per heavy atom. The van der Waals surface area contributed by atoms with Gasteiger partial charge in [0.25, 0.3) is 9.05 Å². The average Bonchev–Trinajstić information content (AvgIpc) is 2.02. The molecule has 0 bridgehead atoms. The Hall–Kier alpha value is -0.450. The summed E-state index contributed by atoms with van der Waals surface area (Å²) < 4.78 is 26.7. The van der Waals surface area contributed by atoms with Crippen LogP contribution in [0, 0.1) is 0 Å². The van der Waals surface area contributed by atoms with Crippen molar-refractivity contribution >= 4 is 31.3 Å². The zero-order chi connectivity index (χ0) is 10.1. The third-order valence-corrected chi connectivity index (χ3v) is 3.28. The summed E-state index contributed by atoms with van der Waals surface area (Å²) >= 11 is 5.70. The number of benzene rings is 1. The molecule has 6 heteroatoms. The topological polar surface area (TPSA) is 43.4 Å². The van der Waals surface area contributed by atoms with Gasteiger partial charge in [-0.05, 0) is 12.1 Å². The van der Waals surface area contributed by atoms with Crippen molar-refractivity contribution in [3.63, 3.8) is 0 Å². The fraction of sp³-hybridized carbons (Fsp3) is 0.143. The normalized spacial score (nSPS) is 11.3. The van der Waals surface area contributed by atoms with Crippen LogP contribution in [0.1, 0.15) is 0 Å². The molecule has 1 aromatic carbocycles. The minimum absolute atomic E-state index is 0.000000000000000444. The molecular formula is C7H6Cl2O3S. The Balaban J connectivity index is 3.41. The van der Waals surface area contributed by atoms with Gasteiger partial charge in [-0.3, -0.25) is 0 Å². The first-order valence-electron chi connectivity index (χ1n) is 3.24. The van der Waals surface area contributed by atoms with E-state index in [-0.39, 0.29) is 15.7 Å². The first-order chi connectivity index (χ1) is 5.96. The third kappa shape index (κ3) is 2.27. The van der Waals surface area contributed by atoms with E-state index in [9.17, 15) is 8.42 Å². The van der Waals surface area contributed by atoms with Crippen LogP contribution >= 0.6 is 22.3 Å². The fourth-order valence-electron chi connectivity index (χ4n) is 0.837. The Morgan fingerprint density at radius 2 is 2.00 bits per heavy atom. The maximum Gasteiger partial charge on any atom is 0.262 e. The zero-order valence-electron chi connectivity index (χ0n) is 6.62. The van der Waals surface area contributed by atoms with Gasteiger partial charge in [0.05, 0.1) is 7.11 Å². The summed E-state index contributed by atoms with van der Waals surface area (Å²) in [5, 5.41) is 0.000000000000000444. The van der Waals surface area contributed by atoms with Crippen LogP contribution in [0.2, 0.25) is 5.02 Å². The van der Waals surface area contributed by atoms with Gasteiger partial charge < -0.3 is 4.74 Å². The molecule has 1 aromatic rings. The van der Waals surface area contributed by atoms with E-state index >= 15 is 0 Å². The largest absolute Gasteiger partial charge is 0.495 e. The second kappa shape index (κ2) is 3.74. The average molecular weight is 241 g/mol. The van der Waals surface area contributed by atoms with Gasteiger partial charge in [-0.25, -0.2) is 8.42 Å². The number of ether oxygens (including phenoxy) is 1. The van der Waals surface area contributed by atoms with Crippen LogP contribution < -0.4 is 4.74 Å². The monoisotopic (exact) mass is 240 g/mol. The molecule has 72 valence electrons. The molecule has 0 aliphatic rings. The maximum absolute atomic E-state index is 10.9. The van der Waals surface area contributed by atoms with E-state index in [4.69, 9.17) is 27.0 Å². The molecule has 1 rings (SSSR count). The van der Waals surface area contributed by atoms with Gasteiger partial charge >= 0.3 is 0 Å². The highest BCUT2D eigenvalue weighted by Gasteiger charge is 2.17. The van der Waals surface area contributed by atoms with Gasteiger partial charge in [0.15, 0.2) is 0 Å². The first-order valence-corrected chi connectivity index (χ1v) is 5.92. The highest BCUT2D eigenvalue weighted by Crippen LogP contribution is 2.32. The second-order valence-corrected chi connectivity index (χ2v) is 5.12. The van der Waals surface area contributed by atoms with Crippen molar-refractivity contribution in [3.8, 4) is 5.75 Å². The summed E-state index contributed by atoms with van der Waals surface area (Å²) in [6.45, 7) is 0. The predicted octanol–water partition coefficient (Wildman–Crippen LogP) is 2.28. The summed E-state index contributed by atoms with van der Waals surface area (Å²) in [5.74, 6) is 0.281. The fourth-order valence-corrected chi connectivity index (χ4v) is 2.40. The molecule has 0 aliphatic heterocycles. The summed E-state index contributed by atoms with van der Waals surface area (Å²) in [6.07, 6.45) is 0. The third-order valence-electron chi connectivity index (χ3n) is 1.41. The van der Waals surface area contributed by atoms with Crippen LogP contribution in [0.25, 0.3) is 0 Å². The molecule has 3 nitrogen and oxygen atoms in total. The van der Waals surface area contributed by atoms with E-state index < -0.39 is 9.05 Å². The molecule has 0 spiro atoms. The number of rotatable bonds is 2. The lowest BCUT2D eigenvalue weighted by Gasteiger charge is -2.04. The lowest BCUT2D eigenvalue weighted by molar-refractivity contribution is 0.413. The molecule has 0 amide bonds. The molecule has 0 fully saturated rings. The van der Waals surface area contributed by atoms with Gasteiger partial charge in [0, 0.05) is 10.7 Å². The van der Waals surface area contributed by atoms with Crippen molar-refractivity contribution < 1.29 is 13.2 Å². The zero-order valence-corrected chi connectivity index (χ0v) is 8.95. The van der Waals surface area contributed by atoms with Crippen molar-refractivity contribution in [3.05, 3.63) is 23.2 Å². The van der Waals surface area contributed by atoms with Crippen molar-refractivity contribution in [2.45, 2.75) is 4.90 Å². The van der Waals surface area contributed by atoms with Gasteiger partial charge in [-0.1, -0.05) is 17.7 Å². The van der Waals surface area contributed by atoms with Gasteiger partial charge in [0.2, 0.25) is 0 Å². The Labute approximate surface area is 85.6 Å². The van der Waals surface area contributed by atoms with Crippen molar-refractivity contribution in [2.24, 2.45) is 0 Å². The van der Waals surface area contributed by atoms with Crippen LogP contribution in [0.3, 0.4) is 0 Å². The molecule has 0 atom stereocenters. The number of methoxy groups -OCH3 is 1. The van der Waals surface area contributed by atoms with E-state index in [2.05, 4.69) is 0 Å². The van der Waals surface area contributed by atoms with E-state index in [1.807, 2.05) is 0 Å². The van der Waals surface area contributed by atoms with Gasteiger partial charge in [0.1, 0.15) is 15.7 Å². The number of hydrogen-bond acceptors (Lipinski definition) is 3. The first kappa shape index (κ1) is 10.6. The maximum atomic E-state index is 10.9. The molecule has 0 saturated carbocycles. The predicted molar refractivity (Wildman–Crippen MR) is 51.0 cm³/mol. The van der Waals surface area contributed by atoms with Crippen LogP contribution in [0.4, 0.5) is 0 Å². The second-order valence-electron chi connectivity index (χ2n) is 2.21. The molecule has 0 aliphatic carbocycles. The van der Waals surface area contributed by atoms with Crippen LogP contribution in [0.5, 0.6) is 5.75 Å². The van der Waals surface area contributed by atoms with Crippen molar-refractivity contribution in [2.75, 3.05) is 7.11 Å². The van der Waals surface area contributed by atoms with Crippen LogP contribution in [-0.2, 0) is 9.05 Å². The van der Waals surface area contributed by atoms with Crippen LogP contribution in [0.15, 0.2) is 23.1 Å². The quantitative estimate of drug-likeness (QED) is 0.746. The van der Waals surface area contributed by atoms with Crippen molar-refractivity contribution in [1.82, 2.24) is 0 Å². The summed E-state index contributed by atoms with van der Waals surface area (Å²) in [4.78, 5) is -0.143. The molecule has 13 heavy (non-hydrogen) atoms. The molecule has 0 heterocycles. The highest BCUT2D eigenvalue weighted by atomic mass is 35.7. The Kier molecular flexibility index (Phi) is 3.05. The molecule has 0 radical (unpaired) electrons. The summed E-state index contributed by atoms with van der Waals surface area (Å²) in [5.41, 5.74) is 0. The molecule has 0 N–H and O–H groups in total. The molecule has 0 aromatic heterocycles. The smallest absolute Gasteiger partial charge is 0.262 e. The minimum Gasteiger partial charge on any atom is -0.495 e. The summed E-state index contributed by atoms with van der Waals surface area (Å²) in [7, 11) is 2.71. The molecule has 0 unspecified atom stereocenters. The van der Waals surface area contributed by atoms with E-state index in [0.29, 0.717) is 0 Å². The van der Waals surface area contributed by atoms with Crippen molar-refractivity contribution in [1.29, 1.82) is 0 Å². The standard InChI is InChI=1S/C7H6Cl2O3S/c1-12-5-3-2-4-6(7(5)8)13(9,10)11/h2-4H,1H3. The van der Waals surface area contributed by atoms with E-state index in [1.54, 1.807) is 6.07 Å². The Bertz CT molecular complexity index is 414. The summed E-state index contributed by atoms with van der Waals surface area (Å²) in [6, 6.07) is 4.36. The van der Waals surface area contributed by atoms with Gasteiger partial charge in [-0.15, -0.1) is 0 Å². The number of hydrogen-bond donors (Lipinski definition) is 0. The molecule has 0 saturated heterocycles. The molecular weight excluding hydrogens is 235 g/mol. The SMILES string of the molecule is COc1cccc(S(=O)(=O)Cl)c1Cl. The number of halogens is 2. The highest BCUT2D eigenvalue weighted by molar-refractivity contribution is 8.13. The lowest BCUT2D eigenvalue weighted by Crippen LogP contribution is -1.94. The Morgan fingerprint density at radius 3 is 2.46 bits per heavy atom. The van der Waals surface area contributed by atoms with E-state index in [1.165, 1.54) is 19.2 Å². The minimum atomic E-state index is -3.81. The van der Waals surface area contributed by atoms with Gasteiger partial charge in [-0.2, -0.15) is 0 Å². The van der Waals surface area contributed by atoms with Crippen LogP contribution in [-0.4, -0.2) is 15.5 Å².